The van der Waals surface area contributed by atoms with Gasteiger partial charge in [-0.15, -0.1) is 0 Å². The highest BCUT2D eigenvalue weighted by atomic mass is 31.2. The van der Waals surface area contributed by atoms with Crippen LogP contribution in [-0.2, 0) is 65.4 Å². The zero-order chi connectivity index (χ0) is 68.6. The Labute approximate surface area is 568 Å². The first-order valence-electron chi connectivity index (χ1n) is 38.5. The molecule has 3 N–H and O–H groups in total. The van der Waals surface area contributed by atoms with Gasteiger partial charge in [0.2, 0.25) is 0 Å². The molecule has 0 saturated carbocycles. The number of ether oxygens (including phenoxy) is 4. The SMILES string of the molecule is CCCCCCCCCCCCCCCC(=O)O[C@H](COC(=O)CCCCCCCCCC)COP(=O)(O)OC[C@H](O)COP(=O)(O)OC[C@@H](COC(=O)CCCCCCCCCCCCC(C)CC)OC(=O)CCCCCCCCCCCCCCCCCC(C)C. The first-order chi connectivity index (χ1) is 44.9. The zero-order valence-electron chi connectivity index (χ0n) is 60.6. The molecule has 0 spiro atoms. The van der Waals surface area contributed by atoms with Crippen LogP contribution in [0.1, 0.15) is 382 Å². The molecule has 0 fully saturated rings. The van der Waals surface area contributed by atoms with E-state index in [9.17, 15) is 43.2 Å². The fourth-order valence-corrected chi connectivity index (χ4v) is 12.8. The van der Waals surface area contributed by atoms with E-state index in [2.05, 4.69) is 41.5 Å². The molecule has 0 aromatic carbocycles. The number of phosphoric ester groups is 2. The first kappa shape index (κ1) is 91.1. The number of aliphatic hydroxyl groups excluding tert-OH is 1. The number of carbonyl (C=O) groups is 4. The molecule has 3 unspecified atom stereocenters. The van der Waals surface area contributed by atoms with Crippen LogP contribution in [0.2, 0.25) is 0 Å². The van der Waals surface area contributed by atoms with Crippen molar-refractivity contribution in [2.45, 2.75) is 400 Å². The van der Waals surface area contributed by atoms with Crippen LogP contribution in [0.3, 0.4) is 0 Å². The fourth-order valence-electron chi connectivity index (χ4n) is 11.3. The molecule has 0 aromatic heterocycles. The van der Waals surface area contributed by atoms with E-state index in [-0.39, 0.29) is 25.7 Å². The maximum absolute atomic E-state index is 13.1. The summed E-state index contributed by atoms with van der Waals surface area (Å²) >= 11 is 0. The summed E-state index contributed by atoms with van der Waals surface area (Å²) in [6.45, 7) is 9.61. The third-order valence-corrected chi connectivity index (χ3v) is 19.5. The standard InChI is InChI=1S/C74H144O17P2/c1-7-10-12-14-16-18-19-23-27-34-40-46-52-58-73(78)90-69(62-84-71(76)56-50-44-38-17-15-13-11-8-2)64-88-92(80,81)86-60-68(75)61-87-93(82,83)89-65-70(63-85-72(77)57-51-45-39-33-30-29-32-37-43-49-55-67(6)9-3)91-74(79)59-53-47-41-35-28-25-22-20-21-24-26-31-36-42-48-54-66(4)5/h66-70,75H,7-65H2,1-6H3,(H,80,81)(H,82,83)/t67?,68-,69+,70+/m0/s1. The minimum atomic E-state index is -4.96. The lowest BCUT2D eigenvalue weighted by atomic mass is 9.99. The molecule has 0 aliphatic carbocycles. The van der Waals surface area contributed by atoms with E-state index in [4.69, 9.17) is 37.0 Å². The lowest BCUT2D eigenvalue weighted by Crippen LogP contribution is -2.30. The molecule has 0 bridgehead atoms. The van der Waals surface area contributed by atoms with Crippen LogP contribution >= 0.6 is 15.6 Å². The number of rotatable bonds is 73. The smallest absolute Gasteiger partial charge is 0.462 e. The summed E-state index contributed by atoms with van der Waals surface area (Å²) in [7, 11) is -9.90. The van der Waals surface area contributed by atoms with Crippen LogP contribution < -0.4 is 0 Å². The van der Waals surface area contributed by atoms with Gasteiger partial charge in [0.05, 0.1) is 26.4 Å². The Balaban J connectivity index is 5.22. The molecule has 0 heterocycles. The number of carbonyl (C=O) groups excluding carboxylic acids is 4. The monoisotopic (exact) mass is 1370 g/mol. The van der Waals surface area contributed by atoms with Gasteiger partial charge in [0.15, 0.2) is 12.2 Å². The van der Waals surface area contributed by atoms with Crippen LogP contribution in [0.15, 0.2) is 0 Å². The highest BCUT2D eigenvalue weighted by Gasteiger charge is 2.30. The number of hydrogen-bond acceptors (Lipinski definition) is 15. The highest BCUT2D eigenvalue weighted by Crippen LogP contribution is 2.45. The van der Waals surface area contributed by atoms with Crippen LogP contribution in [0.5, 0.6) is 0 Å². The van der Waals surface area contributed by atoms with Crippen LogP contribution in [0, 0.1) is 11.8 Å². The molecule has 0 aromatic rings. The topological polar surface area (TPSA) is 237 Å². The van der Waals surface area contributed by atoms with E-state index in [1.54, 1.807) is 0 Å². The summed E-state index contributed by atoms with van der Waals surface area (Å²) in [5, 5.41) is 10.6. The molecule has 0 radical (unpaired) electrons. The Bertz CT molecular complexity index is 1810. The molecule has 0 amide bonds. The van der Waals surface area contributed by atoms with Crippen molar-refractivity contribution in [1.29, 1.82) is 0 Å². The molecular formula is C74H144O17P2. The van der Waals surface area contributed by atoms with Crippen molar-refractivity contribution in [3.8, 4) is 0 Å². The second-order valence-electron chi connectivity index (χ2n) is 27.4. The maximum atomic E-state index is 13.1. The molecule has 19 heteroatoms. The summed E-state index contributed by atoms with van der Waals surface area (Å²) in [6, 6.07) is 0. The number of aliphatic hydroxyl groups is 1. The molecule has 93 heavy (non-hydrogen) atoms. The minimum Gasteiger partial charge on any atom is -0.462 e. The average Bonchev–Trinajstić information content (AvgIpc) is 2.69. The van der Waals surface area contributed by atoms with E-state index in [1.165, 1.54) is 193 Å². The zero-order valence-corrected chi connectivity index (χ0v) is 62.3. The van der Waals surface area contributed by atoms with Gasteiger partial charge >= 0.3 is 39.5 Å². The van der Waals surface area contributed by atoms with Crippen molar-refractivity contribution in [3.63, 3.8) is 0 Å². The third kappa shape index (κ3) is 67.0. The van der Waals surface area contributed by atoms with Gasteiger partial charge in [0.25, 0.3) is 0 Å². The largest absolute Gasteiger partial charge is 0.472 e. The number of unbranched alkanes of at least 4 members (excludes halogenated alkanes) is 42. The first-order valence-corrected chi connectivity index (χ1v) is 41.5. The Morgan fingerprint density at radius 2 is 0.548 bits per heavy atom. The highest BCUT2D eigenvalue weighted by molar-refractivity contribution is 7.47. The van der Waals surface area contributed by atoms with Crippen molar-refractivity contribution in [3.05, 3.63) is 0 Å². The summed E-state index contributed by atoms with van der Waals surface area (Å²) in [5.74, 6) is -0.507. The van der Waals surface area contributed by atoms with Crippen molar-refractivity contribution >= 4 is 39.5 Å². The molecular weight excluding hydrogens is 1220 g/mol. The molecule has 0 rings (SSSR count). The van der Waals surface area contributed by atoms with Crippen molar-refractivity contribution in [1.82, 2.24) is 0 Å². The van der Waals surface area contributed by atoms with Crippen LogP contribution in [-0.4, -0.2) is 96.7 Å². The molecule has 0 aliphatic heterocycles. The van der Waals surface area contributed by atoms with Gasteiger partial charge in [-0.1, -0.05) is 330 Å². The van der Waals surface area contributed by atoms with E-state index in [0.717, 1.165) is 108 Å². The summed E-state index contributed by atoms with van der Waals surface area (Å²) in [4.78, 5) is 72.6. The predicted molar refractivity (Wildman–Crippen MR) is 377 cm³/mol. The average molecular weight is 1370 g/mol. The third-order valence-electron chi connectivity index (χ3n) is 17.6. The molecule has 0 aliphatic rings. The quantitative estimate of drug-likeness (QED) is 0.0222. The second kappa shape index (κ2) is 66.0. The normalized spacial score (nSPS) is 14.3. The predicted octanol–water partition coefficient (Wildman–Crippen LogP) is 21.6. The van der Waals surface area contributed by atoms with Gasteiger partial charge in [-0.25, -0.2) is 9.13 Å². The van der Waals surface area contributed by atoms with Gasteiger partial charge in [-0.3, -0.25) is 37.3 Å². The summed E-state index contributed by atoms with van der Waals surface area (Å²) < 4.78 is 68.4. The summed E-state index contributed by atoms with van der Waals surface area (Å²) in [6.07, 6.45) is 52.6. The van der Waals surface area contributed by atoms with E-state index in [1.807, 2.05) is 0 Å². The number of hydrogen-bond donors (Lipinski definition) is 3. The molecule has 17 nitrogen and oxygen atoms in total. The number of phosphoric acid groups is 2. The lowest BCUT2D eigenvalue weighted by molar-refractivity contribution is -0.161. The van der Waals surface area contributed by atoms with E-state index >= 15 is 0 Å². The molecule has 0 saturated heterocycles. The van der Waals surface area contributed by atoms with Crippen LogP contribution in [0.25, 0.3) is 0 Å². The molecule has 552 valence electrons. The van der Waals surface area contributed by atoms with Crippen molar-refractivity contribution in [2.24, 2.45) is 11.8 Å². The minimum absolute atomic E-state index is 0.107. The van der Waals surface area contributed by atoms with Crippen molar-refractivity contribution < 1.29 is 80.2 Å². The Morgan fingerprint density at radius 1 is 0.312 bits per heavy atom. The van der Waals surface area contributed by atoms with E-state index in [0.29, 0.717) is 25.7 Å². The fraction of sp³-hybridized carbons (Fsp3) is 0.946. The Morgan fingerprint density at radius 3 is 0.817 bits per heavy atom. The van der Waals surface area contributed by atoms with Gasteiger partial charge < -0.3 is 33.8 Å². The van der Waals surface area contributed by atoms with Gasteiger partial charge in [0.1, 0.15) is 19.3 Å². The van der Waals surface area contributed by atoms with Gasteiger partial charge in [0, 0.05) is 25.7 Å². The van der Waals surface area contributed by atoms with Gasteiger partial charge in [-0.05, 0) is 37.5 Å². The van der Waals surface area contributed by atoms with Crippen molar-refractivity contribution in [2.75, 3.05) is 39.6 Å². The second-order valence-corrected chi connectivity index (χ2v) is 30.3. The van der Waals surface area contributed by atoms with Crippen LogP contribution in [0.4, 0.5) is 0 Å². The number of esters is 4. The molecule has 6 atom stereocenters. The Kier molecular flexibility index (Phi) is 64.6. The lowest BCUT2D eigenvalue weighted by Gasteiger charge is -2.21. The summed E-state index contributed by atoms with van der Waals surface area (Å²) in [5.41, 5.74) is 0. The van der Waals surface area contributed by atoms with E-state index < -0.39 is 97.5 Å². The van der Waals surface area contributed by atoms with Gasteiger partial charge in [-0.2, -0.15) is 0 Å². The maximum Gasteiger partial charge on any atom is 0.472 e. The Hall–Kier alpha value is -1.94.